The zero-order valence-electron chi connectivity index (χ0n) is 19.6. The van der Waals surface area contributed by atoms with Gasteiger partial charge in [0.1, 0.15) is 5.75 Å². The lowest BCUT2D eigenvalue weighted by molar-refractivity contribution is 0.0739. The summed E-state index contributed by atoms with van der Waals surface area (Å²) in [5.41, 5.74) is 8.76. The van der Waals surface area contributed by atoms with E-state index in [1.165, 1.54) is 0 Å². The van der Waals surface area contributed by atoms with Gasteiger partial charge in [-0.25, -0.2) is 9.97 Å². The van der Waals surface area contributed by atoms with Gasteiger partial charge in [0.05, 0.1) is 30.2 Å². The maximum absolute atomic E-state index is 13.0. The third-order valence-electron chi connectivity index (χ3n) is 6.81. The minimum atomic E-state index is -0.169. The summed E-state index contributed by atoms with van der Waals surface area (Å²) in [6.45, 7) is 7.33. The monoisotopic (exact) mass is 471 g/mol. The molecule has 3 heterocycles. The first-order valence-electron chi connectivity index (χ1n) is 12.0. The van der Waals surface area contributed by atoms with Crippen molar-refractivity contribution < 1.29 is 9.53 Å². The average Bonchev–Trinajstić information content (AvgIpc) is 3.23. The van der Waals surface area contributed by atoms with Crippen LogP contribution in [0.3, 0.4) is 0 Å². The van der Waals surface area contributed by atoms with Crippen molar-refractivity contribution in [3.05, 3.63) is 46.2 Å². The van der Waals surface area contributed by atoms with E-state index >= 15 is 0 Å². The summed E-state index contributed by atoms with van der Waals surface area (Å²) in [6, 6.07) is 3.96. The lowest BCUT2D eigenvalue weighted by Gasteiger charge is -2.32. The molecule has 1 unspecified atom stereocenters. The van der Waals surface area contributed by atoms with Crippen LogP contribution >= 0.6 is 11.6 Å². The van der Waals surface area contributed by atoms with E-state index in [0.717, 1.165) is 86.5 Å². The predicted octanol–water partition coefficient (Wildman–Crippen LogP) is 4.34. The standard InChI is InChI=1S/C25H34ClN5O2/c1-17-13-21(14-18(2)23(17)24(32)31-9-3-6-22(31)27)33-12-4-5-19-7-10-30(11-8-19)25-28-15-20(26)16-29-25/h13-16,19,22H,3-12,27H2,1-2H3. The summed E-state index contributed by atoms with van der Waals surface area (Å²) in [4.78, 5) is 25.6. The Morgan fingerprint density at radius 1 is 1.12 bits per heavy atom. The number of anilines is 1. The number of halogens is 1. The number of likely N-dealkylation sites (tertiary alicyclic amines) is 1. The van der Waals surface area contributed by atoms with E-state index in [1.54, 1.807) is 17.3 Å². The number of carbonyl (C=O) groups excluding carboxylic acids is 1. The van der Waals surface area contributed by atoms with E-state index in [-0.39, 0.29) is 12.1 Å². The molecule has 2 aromatic rings. The number of nitrogens with two attached hydrogens (primary N) is 1. The van der Waals surface area contributed by atoms with Crippen molar-refractivity contribution in [3.8, 4) is 5.75 Å². The van der Waals surface area contributed by atoms with E-state index < -0.39 is 0 Å². The van der Waals surface area contributed by atoms with Gasteiger partial charge in [-0.2, -0.15) is 0 Å². The third kappa shape index (κ3) is 5.76. The number of hydrogen-bond donors (Lipinski definition) is 1. The lowest BCUT2D eigenvalue weighted by atomic mass is 9.92. The van der Waals surface area contributed by atoms with Crippen molar-refractivity contribution in [3.63, 3.8) is 0 Å². The highest BCUT2D eigenvalue weighted by Gasteiger charge is 2.28. The van der Waals surface area contributed by atoms with Gasteiger partial charge in [0.25, 0.3) is 5.91 Å². The molecule has 0 bridgehead atoms. The van der Waals surface area contributed by atoms with Crippen LogP contribution in [0.25, 0.3) is 0 Å². The Morgan fingerprint density at radius 3 is 2.39 bits per heavy atom. The van der Waals surface area contributed by atoms with E-state index in [4.69, 9.17) is 22.1 Å². The van der Waals surface area contributed by atoms with Gasteiger partial charge < -0.3 is 20.3 Å². The number of hydrogen-bond acceptors (Lipinski definition) is 6. The highest BCUT2D eigenvalue weighted by atomic mass is 35.5. The molecule has 8 heteroatoms. The minimum absolute atomic E-state index is 0.0388. The van der Waals surface area contributed by atoms with Gasteiger partial charge >= 0.3 is 0 Å². The minimum Gasteiger partial charge on any atom is -0.494 e. The first kappa shape index (κ1) is 23.8. The molecule has 2 aliphatic rings. The Bertz CT molecular complexity index is 937. The van der Waals surface area contributed by atoms with Crippen LogP contribution in [0.15, 0.2) is 24.5 Å². The molecule has 1 atom stereocenters. The summed E-state index contributed by atoms with van der Waals surface area (Å²) >= 11 is 5.88. The number of aryl methyl sites for hydroxylation is 2. The summed E-state index contributed by atoms with van der Waals surface area (Å²) in [5.74, 6) is 2.34. The molecule has 7 nitrogen and oxygen atoms in total. The van der Waals surface area contributed by atoms with Crippen LogP contribution in [0.5, 0.6) is 5.75 Å². The molecule has 1 aromatic heterocycles. The van der Waals surface area contributed by atoms with Crippen molar-refractivity contribution in [2.45, 2.75) is 58.5 Å². The molecule has 0 radical (unpaired) electrons. The molecule has 2 saturated heterocycles. The molecule has 4 rings (SSSR count). The van der Waals surface area contributed by atoms with Crippen LogP contribution in [0.2, 0.25) is 5.02 Å². The summed E-state index contributed by atoms with van der Waals surface area (Å²) in [5, 5.41) is 0.566. The van der Waals surface area contributed by atoms with Gasteiger partial charge in [0.15, 0.2) is 0 Å². The first-order chi connectivity index (χ1) is 15.9. The van der Waals surface area contributed by atoms with Gasteiger partial charge in [0, 0.05) is 25.2 Å². The largest absolute Gasteiger partial charge is 0.494 e. The van der Waals surface area contributed by atoms with Gasteiger partial charge in [0.2, 0.25) is 5.95 Å². The van der Waals surface area contributed by atoms with Crippen LogP contribution in [0, 0.1) is 19.8 Å². The quantitative estimate of drug-likeness (QED) is 0.604. The third-order valence-corrected chi connectivity index (χ3v) is 7.00. The number of amides is 1. The predicted molar refractivity (Wildman–Crippen MR) is 131 cm³/mol. The molecule has 0 aliphatic carbocycles. The number of piperidine rings is 1. The van der Waals surface area contributed by atoms with Crippen molar-refractivity contribution >= 4 is 23.5 Å². The van der Waals surface area contributed by atoms with Crippen LogP contribution < -0.4 is 15.4 Å². The Morgan fingerprint density at radius 2 is 1.79 bits per heavy atom. The Hall–Kier alpha value is -2.38. The fourth-order valence-corrected chi connectivity index (χ4v) is 5.08. The van der Waals surface area contributed by atoms with Crippen molar-refractivity contribution in [2.75, 3.05) is 31.1 Å². The number of nitrogens with zero attached hydrogens (tertiary/aromatic N) is 4. The smallest absolute Gasteiger partial charge is 0.255 e. The maximum atomic E-state index is 13.0. The Kier molecular flexibility index (Phi) is 7.71. The lowest BCUT2D eigenvalue weighted by Crippen LogP contribution is -2.41. The van der Waals surface area contributed by atoms with E-state index in [9.17, 15) is 4.79 Å². The second-order valence-electron chi connectivity index (χ2n) is 9.26. The number of benzene rings is 1. The van der Waals surface area contributed by atoms with Crippen LogP contribution in [0.4, 0.5) is 5.95 Å². The maximum Gasteiger partial charge on any atom is 0.255 e. The molecule has 2 fully saturated rings. The molecule has 2 N–H and O–H groups in total. The molecular weight excluding hydrogens is 438 g/mol. The molecule has 1 aromatic carbocycles. The Labute approximate surface area is 201 Å². The molecule has 1 amide bonds. The SMILES string of the molecule is Cc1cc(OCCCC2CCN(c3ncc(Cl)cn3)CC2)cc(C)c1C(=O)N1CCCC1N. The summed E-state index contributed by atoms with van der Waals surface area (Å²) in [6.07, 6.45) is 9.43. The fourth-order valence-electron chi connectivity index (χ4n) is 4.99. The zero-order valence-corrected chi connectivity index (χ0v) is 20.4. The highest BCUT2D eigenvalue weighted by molar-refractivity contribution is 6.30. The average molecular weight is 472 g/mol. The van der Waals surface area contributed by atoms with Crippen molar-refractivity contribution in [1.82, 2.24) is 14.9 Å². The van der Waals surface area contributed by atoms with Crippen molar-refractivity contribution in [2.24, 2.45) is 11.7 Å². The molecule has 0 saturated carbocycles. The summed E-state index contributed by atoms with van der Waals surface area (Å²) < 4.78 is 6.05. The first-order valence-corrected chi connectivity index (χ1v) is 12.3. The Balaban J connectivity index is 1.22. The van der Waals surface area contributed by atoms with E-state index in [1.807, 2.05) is 26.0 Å². The molecule has 33 heavy (non-hydrogen) atoms. The van der Waals surface area contributed by atoms with Gasteiger partial charge in [-0.05, 0) is 81.5 Å². The molecular formula is C25H34ClN5O2. The fraction of sp³-hybridized carbons (Fsp3) is 0.560. The molecule has 178 valence electrons. The second-order valence-corrected chi connectivity index (χ2v) is 9.70. The van der Waals surface area contributed by atoms with E-state index in [2.05, 4.69) is 14.9 Å². The summed E-state index contributed by atoms with van der Waals surface area (Å²) in [7, 11) is 0. The number of rotatable bonds is 7. The zero-order chi connectivity index (χ0) is 23.4. The topological polar surface area (TPSA) is 84.6 Å². The number of ether oxygens (including phenoxy) is 1. The number of aromatic nitrogens is 2. The molecule has 0 spiro atoms. The van der Waals surface area contributed by atoms with E-state index in [0.29, 0.717) is 17.5 Å². The highest BCUT2D eigenvalue weighted by Crippen LogP contribution is 2.27. The normalized spacial score (nSPS) is 19.2. The van der Waals surface area contributed by atoms with Gasteiger partial charge in [-0.1, -0.05) is 11.6 Å². The van der Waals surface area contributed by atoms with Crippen LogP contribution in [-0.2, 0) is 0 Å². The van der Waals surface area contributed by atoms with Crippen LogP contribution in [0.1, 0.15) is 60.0 Å². The van der Waals surface area contributed by atoms with Gasteiger partial charge in [-0.3, -0.25) is 4.79 Å². The van der Waals surface area contributed by atoms with Crippen molar-refractivity contribution in [1.29, 1.82) is 0 Å². The second kappa shape index (κ2) is 10.7. The number of carbonyl (C=O) groups is 1. The molecule has 2 aliphatic heterocycles. The van der Waals surface area contributed by atoms with Gasteiger partial charge in [-0.15, -0.1) is 0 Å². The van der Waals surface area contributed by atoms with Crippen LogP contribution in [-0.4, -0.2) is 53.2 Å².